The Morgan fingerprint density at radius 2 is 1.75 bits per heavy atom. The van der Waals surface area contributed by atoms with Crippen LogP contribution in [0.2, 0.25) is 0 Å². The number of para-hydroxylation sites is 1. The lowest BCUT2D eigenvalue weighted by Crippen LogP contribution is -2.29. The molecule has 0 spiro atoms. The van der Waals surface area contributed by atoms with Crippen LogP contribution in [0.4, 0.5) is 11.4 Å². The van der Waals surface area contributed by atoms with Crippen molar-refractivity contribution in [3.63, 3.8) is 0 Å². The lowest BCUT2D eigenvalue weighted by atomic mass is 9.94. The number of ketones is 1. The molecule has 0 aliphatic carbocycles. The van der Waals surface area contributed by atoms with Crippen molar-refractivity contribution in [2.75, 3.05) is 30.0 Å². The van der Waals surface area contributed by atoms with Gasteiger partial charge in [0, 0.05) is 18.3 Å². The van der Waals surface area contributed by atoms with Gasteiger partial charge in [0.1, 0.15) is 23.9 Å². The minimum atomic E-state index is -0.800. The molecule has 0 bridgehead atoms. The van der Waals surface area contributed by atoms with Gasteiger partial charge in [-0.05, 0) is 61.9 Å². The van der Waals surface area contributed by atoms with Gasteiger partial charge in [0.2, 0.25) is 0 Å². The largest absolute Gasteiger partial charge is 0.507 e. The number of rotatable bonds is 5. The van der Waals surface area contributed by atoms with Crippen molar-refractivity contribution in [1.82, 2.24) is 0 Å². The Kier molecular flexibility index (Phi) is 6.14. The molecule has 1 saturated heterocycles. The van der Waals surface area contributed by atoms with Gasteiger partial charge in [-0.15, -0.1) is 0 Å². The van der Waals surface area contributed by atoms with Crippen molar-refractivity contribution in [2.24, 2.45) is 0 Å². The Labute approximate surface area is 210 Å². The first kappa shape index (κ1) is 23.5. The summed E-state index contributed by atoms with van der Waals surface area (Å²) in [6.45, 7) is 5.17. The fourth-order valence-corrected chi connectivity index (χ4v) is 4.66. The second-order valence-electron chi connectivity index (χ2n) is 9.19. The van der Waals surface area contributed by atoms with E-state index in [9.17, 15) is 14.7 Å². The van der Waals surface area contributed by atoms with Crippen LogP contribution < -0.4 is 19.3 Å². The molecule has 1 fully saturated rings. The van der Waals surface area contributed by atoms with E-state index in [0.29, 0.717) is 41.5 Å². The molecule has 36 heavy (non-hydrogen) atoms. The topological polar surface area (TPSA) is 79.3 Å². The standard InChI is InChI=1S/C29H28N2O5/c1-18(2)36-22-12-9-19(10-13-22)26-25(28(33)29(34)31(26)21-7-5-4-6-8-21)27(32)20-11-14-24-23(17-20)30(3)15-16-35-24/h4-14,17-18,26,32H,15-16H2,1-3H3/b27-25-. The van der Waals surface area contributed by atoms with E-state index in [1.54, 1.807) is 30.3 Å². The molecule has 7 nitrogen and oxygen atoms in total. The van der Waals surface area contributed by atoms with Gasteiger partial charge in [-0.25, -0.2) is 0 Å². The predicted octanol–water partition coefficient (Wildman–Crippen LogP) is 4.93. The molecule has 1 N–H and O–H groups in total. The van der Waals surface area contributed by atoms with Crippen LogP contribution in [0.15, 0.2) is 78.4 Å². The van der Waals surface area contributed by atoms with E-state index in [1.807, 2.05) is 68.3 Å². The number of fused-ring (bicyclic) bond motifs is 1. The van der Waals surface area contributed by atoms with Gasteiger partial charge in [0.25, 0.3) is 11.7 Å². The number of Topliss-reactive ketones (excluding diaryl/α,β-unsaturated/α-hetero) is 1. The second-order valence-corrected chi connectivity index (χ2v) is 9.19. The van der Waals surface area contributed by atoms with Gasteiger partial charge in [-0.2, -0.15) is 0 Å². The van der Waals surface area contributed by atoms with Gasteiger partial charge in [-0.1, -0.05) is 30.3 Å². The maximum Gasteiger partial charge on any atom is 0.300 e. The third-order valence-electron chi connectivity index (χ3n) is 6.37. The van der Waals surface area contributed by atoms with Crippen LogP contribution in [0, 0.1) is 0 Å². The molecule has 2 aliphatic heterocycles. The Morgan fingerprint density at radius 1 is 1.03 bits per heavy atom. The maximum atomic E-state index is 13.4. The molecule has 0 saturated carbocycles. The summed E-state index contributed by atoms with van der Waals surface area (Å²) in [7, 11) is 1.94. The highest BCUT2D eigenvalue weighted by Crippen LogP contribution is 2.43. The Hall–Kier alpha value is -4.26. The molecule has 2 aliphatic rings. The molecule has 3 aromatic carbocycles. The van der Waals surface area contributed by atoms with E-state index < -0.39 is 17.7 Å². The number of carbonyl (C=O) groups excluding carboxylic acids is 2. The number of aliphatic hydroxyl groups is 1. The van der Waals surface area contributed by atoms with E-state index in [4.69, 9.17) is 9.47 Å². The molecule has 3 aromatic rings. The highest BCUT2D eigenvalue weighted by molar-refractivity contribution is 6.51. The average Bonchev–Trinajstić information content (AvgIpc) is 3.14. The first-order valence-corrected chi connectivity index (χ1v) is 12.0. The molecule has 5 rings (SSSR count). The molecule has 1 atom stereocenters. The average molecular weight is 485 g/mol. The number of amides is 1. The third kappa shape index (κ3) is 4.17. The van der Waals surface area contributed by atoms with Crippen molar-refractivity contribution < 1.29 is 24.2 Å². The molecule has 2 heterocycles. The number of nitrogens with zero attached hydrogens (tertiary/aromatic N) is 2. The van der Waals surface area contributed by atoms with Crippen LogP contribution in [0.3, 0.4) is 0 Å². The van der Waals surface area contributed by atoms with E-state index in [-0.39, 0.29) is 17.4 Å². The summed E-state index contributed by atoms with van der Waals surface area (Å²) in [6.07, 6.45) is 0.0110. The SMILES string of the molecule is CC(C)Oc1ccc(C2/C(=C(/O)c3ccc4c(c3)N(C)CCO4)C(=O)C(=O)N2c2ccccc2)cc1. The Balaban J connectivity index is 1.65. The summed E-state index contributed by atoms with van der Waals surface area (Å²) in [5.74, 6) is -0.244. The van der Waals surface area contributed by atoms with Crippen LogP contribution >= 0.6 is 0 Å². The number of carbonyl (C=O) groups is 2. The molecular formula is C29H28N2O5. The van der Waals surface area contributed by atoms with E-state index >= 15 is 0 Å². The summed E-state index contributed by atoms with van der Waals surface area (Å²) in [6, 6.07) is 20.8. The zero-order chi connectivity index (χ0) is 25.4. The van der Waals surface area contributed by atoms with Crippen LogP contribution in [0.25, 0.3) is 5.76 Å². The van der Waals surface area contributed by atoms with Crippen LogP contribution in [0.5, 0.6) is 11.5 Å². The molecule has 0 radical (unpaired) electrons. The number of likely N-dealkylation sites (N-methyl/N-ethyl adjacent to an activating group) is 1. The molecule has 184 valence electrons. The fourth-order valence-electron chi connectivity index (χ4n) is 4.66. The Morgan fingerprint density at radius 3 is 2.44 bits per heavy atom. The Bertz CT molecular complexity index is 1330. The minimum Gasteiger partial charge on any atom is -0.507 e. The smallest absolute Gasteiger partial charge is 0.300 e. The van der Waals surface area contributed by atoms with Crippen molar-refractivity contribution >= 4 is 28.8 Å². The van der Waals surface area contributed by atoms with Gasteiger partial charge in [0.15, 0.2) is 0 Å². The number of aliphatic hydroxyl groups excluding tert-OH is 1. The normalized spacial score (nSPS) is 18.8. The zero-order valence-corrected chi connectivity index (χ0v) is 20.5. The fraction of sp³-hybridized carbons (Fsp3) is 0.241. The molecule has 1 unspecified atom stereocenters. The maximum absolute atomic E-state index is 13.4. The lowest BCUT2D eigenvalue weighted by molar-refractivity contribution is -0.132. The summed E-state index contributed by atoms with van der Waals surface area (Å²) < 4.78 is 11.5. The predicted molar refractivity (Wildman–Crippen MR) is 139 cm³/mol. The van der Waals surface area contributed by atoms with Crippen molar-refractivity contribution in [3.05, 3.63) is 89.5 Å². The van der Waals surface area contributed by atoms with E-state index in [1.165, 1.54) is 4.90 Å². The zero-order valence-electron chi connectivity index (χ0n) is 20.5. The first-order valence-electron chi connectivity index (χ1n) is 12.0. The number of ether oxygens (including phenoxy) is 2. The number of hydrogen-bond acceptors (Lipinski definition) is 6. The van der Waals surface area contributed by atoms with Gasteiger partial charge < -0.3 is 19.5 Å². The van der Waals surface area contributed by atoms with Crippen molar-refractivity contribution in [2.45, 2.75) is 26.0 Å². The molecule has 1 amide bonds. The van der Waals surface area contributed by atoms with Gasteiger partial charge >= 0.3 is 0 Å². The lowest BCUT2D eigenvalue weighted by Gasteiger charge is -2.28. The number of benzene rings is 3. The van der Waals surface area contributed by atoms with E-state index in [2.05, 4.69) is 0 Å². The highest BCUT2D eigenvalue weighted by atomic mass is 16.5. The second kappa shape index (κ2) is 9.41. The van der Waals surface area contributed by atoms with Crippen LogP contribution in [0.1, 0.15) is 31.0 Å². The third-order valence-corrected chi connectivity index (χ3v) is 6.37. The summed E-state index contributed by atoms with van der Waals surface area (Å²) in [4.78, 5) is 30.2. The summed E-state index contributed by atoms with van der Waals surface area (Å²) in [5, 5.41) is 11.5. The number of hydrogen-bond donors (Lipinski definition) is 1. The van der Waals surface area contributed by atoms with Gasteiger partial charge in [-0.3, -0.25) is 14.5 Å². The minimum absolute atomic E-state index is 0.0110. The van der Waals surface area contributed by atoms with Crippen molar-refractivity contribution in [3.8, 4) is 11.5 Å². The van der Waals surface area contributed by atoms with Crippen molar-refractivity contribution in [1.29, 1.82) is 0 Å². The van der Waals surface area contributed by atoms with Crippen LogP contribution in [-0.4, -0.2) is 43.1 Å². The van der Waals surface area contributed by atoms with E-state index in [0.717, 1.165) is 5.69 Å². The van der Waals surface area contributed by atoms with Gasteiger partial charge in [0.05, 0.1) is 30.0 Å². The summed E-state index contributed by atoms with van der Waals surface area (Å²) >= 11 is 0. The summed E-state index contributed by atoms with van der Waals surface area (Å²) in [5.41, 5.74) is 2.57. The molecule has 0 aromatic heterocycles. The highest BCUT2D eigenvalue weighted by Gasteiger charge is 2.47. The number of anilines is 2. The molecular weight excluding hydrogens is 456 g/mol. The molecule has 7 heteroatoms. The monoisotopic (exact) mass is 484 g/mol. The van der Waals surface area contributed by atoms with Crippen LogP contribution in [-0.2, 0) is 9.59 Å². The quantitative estimate of drug-likeness (QED) is 0.314. The first-order chi connectivity index (χ1) is 17.3.